The number of carbonyl (C=O) groups excluding carboxylic acids is 2. The highest BCUT2D eigenvalue weighted by atomic mass is 16.2. The van der Waals surface area contributed by atoms with Crippen molar-refractivity contribution in [2.45, 2.75) is 0 Å². The lowest BCUT2D eigenvalue weighted by Gasteiger charge is -2.04. The molecule has 0 aliphatic heterocycles. The third-order valence-corrected chi connectivity index (χ3v) is 1.81. The Bertz CT molecular complexity index is 488. The first-order valence-electron chi connectivity index (χ1n) is 4.84. The van der Waals surface area contributed by atoms with Gasteiger partial charge in [-0.1, -0.05) is 11.8 Å². The van der Waals surface area contributed by atoms with Gasteiger partial charge in [-0.2, -0.15) is 0 Å². The Morgan fingerprint density at radius 2 is 2.24 bits per heavy atom. The molecule has 0 saturated heterocycles. The third kappa shape index (κ3) is 3.93. The minimum absolute atomic E-state index is 0.192. The summed E-state index contributed by atoms with van der Waals surface area (Å²) in [6, 6.07) is 1.51. The molecule has 0 unspecified atom stereocenters. The Labute approximate surface area is 98.4 Å². The number of pyridine rings is 1. The second-order valence-corrected chi connectivity index (χ2v) is 3.08. The van der Waals surface area contributed by atoms with Crippen molar-refractivity contribution in [3.63, 3.8) is 0 Å². The predicted molar refractivity (Wildman–Crippen MR) is 61.7 cm³/mol. The smallest absolute Gasteiger partial charge is 0.253 e. The number of aromatic nitrogens is 1. The largest absolute Gasteiger partial charge is 0.368 e. The molecular weight excluding hydrogens is 220 g/mol. The lowest BCUT2D eigenvalue weighted by Crippen LogP contribution is -2.33. The minimum atomic E-state index is -0.609. The van der Waals surface area contributed by atoms with Crippen LogP contribution >= 0.6 is 0 Å². The molecule has 0 aromatic carbocycles. The molecular formula is C11H12N4O2. The molecule has 0 radical (unpaired) electrons. The van der Waals surface area contributed by atoms with E-state index in [2.05, 4.69) is 22.1 Å². The van der Waals surface area contributed by atoms with E-state index in [0.29, 0.717) is 11.1 Å². The Kier molecular flexibility index (Phi) is 4.66. The molecule has 0 aliphatic rings. The van der Waals surface area contributed by atoms with Gasteiger partial charge in [-0.25, -0.2) is 0 Å². The molecule has 17 heavy (non-hydrogen) atoms. The zero-order chi connectivity index (χ0) is 12.7. The maximum atomic E-state index is 11.7. The number of nitrogens with zero attached hydrogens (tertiary/aromatic N) is 1. The fourth-order valence-corrected chi connectivity index (χ4v) is 1.10. The standard InChI is InChI=1S/C11H12N4O2/c12-4-1-2-8-6-14-5-3-9(8)11(17)15-7-10(13)16/h3,5-6H,4,7,12H2,(H2,13,16)(H,15,17). The fourth-order valence-electron chi connectivity index (χ4n) is 1.10. The molecule has 0 aliphatic carbocycles. The number of hydrogen-bond acceptors (Lipinski definition) is 4. The number of hydrogen-bond donors (Lipinski definition) is 3. The summed E-state index contributed by atoms with van der Waals surface area (Å²) in [4.78, 5) is 26.1. The highest BCUT2D eigenvalue weighted by molar-refractivity contribution is 5.98. The van der Waals surface area contributed by atoms with Gasteiger partial charge in [0.05, 0.1) is 24.2 Å². The van der Waals surface area contributed by atoms with Crippen LogP contribution < -0.4 is 16.8 Å². The topological polar surface area (TPSA) is 111 Å². The minimum Gasteiger partial charge on any atom is -0.368 e. The molecule has 6 nitrogen and oxygen atoms in total. The quantitative estimate of drug-likeness (QED) is 0.557. The second-order valence-electron chi connectivity index (χ2n) is 3.08. The van der Waals surface area contributed by atoms with Crippen LogP contribution in [0.2, 0.25) is 0 Å². The van der Waals surface area contributed by atoms with Gasteiger partial charge in [0.2, 0.25) is 5.91 Å². The maximum Gasteiger partial charge on any atom is 0.253 e. The average molecular weight is 232 g/mol. The average Bonchev–Trinajstić information content (AvgIpc) is 2.33. The van der Waals surface area contributed by atoms with Crippen molar-refractivity contribution in [2.75, 3.05) is 13.1 Å². The summed E-state index contributed by atoms with van der Waals surface area (Å²) >= 11 is 0. The SMILES string of the molecule is NCC#Cc1cnccc1C(=O)NCC(N)=O. The first-order valence-corrected chi connectivity index (χ1v) is 4.84. The second kappa shape index (κ2) is 6.25. The molecule has 1 rings (SSSR count). The first kappa shape index (κ1) is 12.7. The van der Waals surface area contributed by atoms with Crippen molar-refractivity contribution in [1.29, 1.82) is 0 Å². The number of rotatable bonds is 3. The van der Waals surface area contributed by atoms with E-state index in [1.54, 1.807) is 0 Å². The van der Waals surface area contributed by atoms with Gasteiger partial charge in [0, 0.05) is 12.4 Å². The van der Waals surface area contributed by atoms with Gasteiger partial charge in [-0.15, -0.1) is 0 Å². The summed E-state index contributed by atoms with van der Waals surface area (Å²) in [7, 11) is 0. The molecule has 0 fully saturated rings. The van der Waals surface area contributed by atoms with E-state index in [1.807, 2.05) is 0 Å². The zero-order valence-corrected chi connectivity index (χ0v) is 9.06. The summed E-state index contributed by atoms with van der Waals surface area (Å²) in [6.07, 6.45) is 2.93. The summed E-state index contributed by atoms with van der Waals surface area (Å²) in [5.74, 6) is 4.32. The van der Waals surface area contributed by atoms with E-state index in [1.165, 1.54) is 18.5 Å². The predicted octanol–water partition coefficient (Wildman–Crippen LogP) is -1.39. The van der Waals surface area contributed by atoms with E-state index >= 15 is 0 Å². The molecule has 1 heterocycles. The summed E-state index contributed by atoms with van der Waals surface area (Å²) in [5, 5.41) is 2.37. The third-order valence-electron chi connectivity index (χ3n) is 1.81. The molecule has 1 aromatic rings. The summed E-state index contributed by atoms with van der Waals surface area (Å²) in [5.41, 5.74) is 11.0. The Morgan fingerprint density at radius 3 is 2.88 bits per heavy atom. The molecule has 0 atom stereocenters. The number of nitrogens with two attached hydrogens (primary N) is 2. The lowest BCUT2D eigenvalue weighted by atomic mass is 10.1. The van der Waals surface area contributed by atoms with Gasteiger partial charge >= 0.3 is 0 Å². The van der Waals surface area contributed by atoms with Crippen molar-refractivity contribution in [3.8, 4) is 11.8 Å². The number of amides is 2. The molecule has 0 bridgehead atoms. The number of carbonyl (C=O) groups is 2. The van der Waals surface area contributed by atoms with Gasteiger partial charge < -0.3 is 16.8 Å². The highest BCUT2D eigenvalue weighted by Gasteiger charge is 2.10. The molecule has 88 valence electrons. The van der Waals surface area contributed by atoms with Gasteiger partial charge in [-0.05, 0) is 6.07 Å². The van der Waals surface area contributed by atoms with Crippen LogP contribution in [-0.4, -0.2) is 29.9 Å². The maximum absolute atomic E-state index is 11.7. The van der Waals surface area contributed by atoms with Gasteiger partial charge in [0.1, 0.15) is 0 Å². The number of nitrogens with one attached hydrogen (secondary N) is 1. The Hall–Kier alpha value is -2.39. The van der Waals surface area contributed by atoms with Crippen LogP contribution in [0, 0.1) is 11.8 Å². The van der Waals surface area contributed by atoms with E-state index < -0.39 is 11.8 Å². The monoisotopic (exact) mass is 232 g/mol. The molecule has 0 saturated carbocycles. The van der Waals surface area contributed by atoms with Crippen LogP contribution in [0.15, 0.2) is 18.5 Å². The van der Waals surface area contributed by atoms with E-state index in [0.717, 1.165) is 0 Å². The van der Waals surface area contributed by atoms with Crippen molar-refractivity contribution >= 4 is 11.8 Å². The molecule has 1 aromatic heterocycles. The zero-order valence-electron chi connectivity index (χ0n) is 9.06. The summed E-state index contributed by atoms with van der Waals surface area (Å²) < 4.78 is 0. The van der Waals surface area contributed by atoms with Crippen molar-refractivity contribution in [3.05, 3.63) is 29.6 Å². The van der Waals surface area contributed by atoms with Crippen LogP contribution in [0.25, 0.3) is 0 Å². The summed E-state index contributed by atoms with van der Waals surface area (Å²) in [6.45, 7) is -0.0256. The van der Waals surface area contributed by atoms with E-state index in [-0.39, 0.29) is 13.1 Å². The molecule has 2 amide bonds. The van der Waals surface area contributed by atoms with Gasteiger partial charge in [0.15, 0.2) is 0 Å². The van der Waals surface area contributed by atoms with Crippen LogP contribution in [-0.2, 0) is 4.79 Å². The van der Waals surface area contributed by atoms with Crippen LogP contribution in [0.4, 0.5) is 0 Å². The van der Waals surface area contributed by atoms with Crippen molar-refractivity contribution in [1.82, 2.24) is 10.3 Å². The van der Waals surface area contributed by atoms with Gasteiger partial charge in [0.25, 0.3) is 5.91 Å². The highest BCUT2D eigenvalue weighted by Crippen LogP contribution is 2.04. The van der Waals surface area contributed by atoms with Crippen LogP contribution in [0.1, 0.15) is 15.9 Å². The van der Waals surface area contributed by atoms with E-state index in [9.17, 15) is 9.59 Å². The fraction of sp³-hybridized carbons (Fsp3) is 0.182. The van der Waals surface area contributed by atoms with Crippen molar-refractivity contribution in [2.24, 2.45) is 11.5 Å². The Balaban J connectivity index is 2.89. The van der Waals surface area contributed by atoms with Crippen LogP contribution in [0.5, 0.6) is 0 Å². The van der Waals surface area contributed by atoms with Crippen molar-refractivity contribution < 1.29 is 9.59 Å². The number of primary amides is 1. The van der Waals surface area contributed by atoms with Gasteiger partial charge in [-0.3, -0.25) is 14.6 Å². The molecule has 0 spiro atoms. The molecule has 5 N–H and O–H groups in total. The lowest BCUT2D eigenvalue weighted by molar-refractivity contribution is -0.117. The first-order chi connectivity index (χ1) is 8.15. The van der Waals surface area contributed by atoms with Crippen LogP contribution in [0.3, 0.4) is 0 Å². The van der Waals surface area contributed by atoms with E-state index in [4.69, 9.17) is 11.5 Å². The normalized spacial score (nSPS) is 9.00. The Morgan fingerprint density at radius 1 is 1.47 bits per heavy atom. The molecule has 6 heteroatoms.